The Morgan fingerprint density at radius 2 is 2.20 bits per heavy atom. The Hall–Kier alpha value is -0.380. The van der Waals surface area contributed by atoms with Gasteiger partial charge in [-0.15, -0.1) is 0 Å². The van der Waals surface area contributed by atoms with E-state index in [2.05, 4.69) is 17.8 Å². The van der Waals surface area contributed by atoms with E-state index in [0.717, 1.165) is 17.9 Å². The summed E-state index contributed by atoms with van der Waals surface area (Å²) >= 11 is 16.2. The van der Waals surface area contributed by atoms with Gasteiger partial charge in [0.2, 0.25) is 0 Å². The average molecular weight is 261 g/mol. The molecular weight excluding hydrogens is 251 g/mol. The summed E-state index contributed by atoms with van der Waals surface area (Å²) in [5.41, 5.74) is 0.997. The standard InChI is InChI=1S/C10H10Cl2N2S/c1-6-13-10(5-14(6)15)8-3-2-7(11)4-9(8)12/h2-4,10,15H,5H2,1H3. The van der Waals surface area contributed by atoms with Crippen LogP contribution >= 0.6 is 36.0 Å². The van der Waals surface area contributed by atoms with E-state index in [1.54, 1.807) is 6.07 Å². The normalized spacial score (nSPS) is 20.7. The maximum absolute atomic E-state index is 6.11. The molecule has 2 rings (SSSR count). The Kier molecular flexibility index (Phi) is 3.14. The van der Waals surface area contributed by atoms with Crippen molar-refractivity contribution in [2.75, 3.05) is 6.54 Å². The fourth-order valence-electron chi connectivity index (χ4n) is 1.57. The Morgan fingerprint density at radius 1 is 1.47 bits per heavy atom. The number of aliphatic imine (C=N–C) groups is 1. The van der Waals surface area contributed by atoms with Crippen LogP contribution in [0.1, 0.15) is 18.5 Å². The van der Waals surface area contributed by atoms with E-state index in [4.69, 9.17) is 23.2 Å². The second kappa shape index (κ2) is 4.24. The van der Waals surface area contributed by atoms with Gasteiger partial charge in [0.05, 0.1) is 12.6 Å². The molecule has 2 nitrogen and oxygen atoms in total. The van der Waals surface area contributed by atoms with E-state index < -0.39 is 0 Å². The summed E-state index contributed by atoms with van der Waals surface area (Å²) in [5.74, 6) is 0.911. The van der Waals surface area contributed by atoms with E-state index in [9.17, 15) is 0 Å². The zero-order valence-corrected chi connectivity index (χ0v) is 10.5. The van der Waals surface area contributed by atoms with E-state index in [-0.39, 0.29) is 6.04 Å². The molecular formula is C10H10Cl2N2S. The van der Waals surface area contributed by atoms with Gasteiger partial charge in [-0.3, -0.25) is 4.99 Å². The van der Waals surface area contributed by atoms with Gasteiger partial charge < -0.3 is 4.31 Å². The first-order valence-electron chi connectivity index (χ1n) is 4.53. The lowest BCUT2D eigenvalue weighted by atomic mass is 10.1. The zero-order valence-electron chi connectivity index (χ0n) is 8.11. The second-order valence-electron chi connectivity index (χ2n) is 3.44. The van der Waals surface area contributed by atoms with E-state index >= 15 is 0 Å². The first-order valence-corrected chi connectivity index (χ1v) is 5.69. The number of rotatable bonds is 1. The molecule has 0 radical (unpaired) electrons. The van der Waals surface area contributed by atoms with Gasteiger partial charge >= 0.3 is 0 Å². The highest BCUT2D eigenvalue weighted by Crippen LogP contribution is 2.32. The number of hydrogen-bond donors (Lipinski definition) is 1. The number of nitrogens with zero attached hydrogens (tertiary/aromatic N) is 2. The maximum Gasteiger partial charge on any atom is 0.106 e. The first kappa shape index (κ1) is 11.1. The smallest absolute Gasteiger partial charge is 0.106 e. The van der Waals surface area contributed by atoms with Crippen LogP contribution in [0.2, 0.25) is 10.0 Å². The van der Waals surface area contributed by atoms with Gasteiger partial charge in [-0.1, -0.05) is 42.1 Å². The SMILES string of the molecule is CC1=NC(c2ccc(Cl)cc2Cl)CN1S. The largest absolute Gasteiger partial charge is 0.305 e. The summed E-state index contributed by atoms with van der Waals surface area (Å²) in [6.07, 6.45) is 0. The predicted molar refractivity (Wildman–Crippen MR) is 68.0 cm³/mol. The predicted octanol–water partition coefficient (Wildman–Crippen LogP) is 3.61. The van der Waals surface area contributed by atoms with Gasteiger partial charge in [-0.05, 0) is 24.6 Å². The van der Waals surface area contributed by atoms with Crippen LogP contribution in [-0.2, 0) is 0 Å². The summed E-state index contributed by atoms with van der Waals surface area (Å²) in [6.45, 7) is 2.67. The Morgan fingerprint density at radius 3 is 2.73 bits per heavy atom. The first-order chi connectivity index (χ1) is 7.08. The number of amidine groups is 1. The van der Waals surface area contributed by atoms with Gasteiger partial charge in [0.25, 0.3) is 0 Å². The van der Waals surface area contributed by atoms with Gasteiger partial charge in [0.15, 0.2) is 0 Å². The minimum atomic E-state index is 0.0623. The lowest BCUT2D eigenvalue weighted by Gasteiger charge is -2.12. The molecule has 1 atom stereocenters. The lowest BCUT2D eigenvalue weighted by molar-refractivity contribution is 0.640. The minimum Gasteiger partial charge on any atom is -0.305 e. The highest BCUT2D eigenvalue weighted by molar-refractivity contribution is 7.78. The highest BCUT2D eigenvalue weighted by Gasteiger charge is 2.23. The van der Waals surface area contributed by atoms with Crippen molar-refractivity contribution in [1.29, 1.82) is 0 Å². The van der Waals surface area contributed by atoms with Gasteiger partial charge in [-0.2, -0.15) is 0 Å². The summed E-state index contributed by atoms with van der Waals surface area (Å²) in [4.78, 5) is 4.47. The molecule has 0 aromatic heterocycles. The summed E-state index contributed by atoms with van der Waals surface area (Å²) in [7, 11) is 0. The number of benzene rings is 1. The summed E-state index contributed by atoms with van der Waals surface area (Å²) in [6, 6.07) is 5.55. The van der Waals surface area contributed by atoms with Crippen LogP contribution in [-0.4, -0.2) is 16.7 Å². The van der Waals surface area contributed by atoms with Crippen LogP contribution in [0.5, 0.6) is 0 Å². The van der Waals surface area contributed by atoms with E-state index in [1.165, 1.54) is 0 Å². The van der Waals surface area contributed by atoms with Crippen LogP contribution in [0.15, 0.2) is 23.2 Å². The van der Waals surface area contributed by atoms with Crippen LogP contribution < -0.4 is 0 Å². The molecule has 1 aromatic rings. The second-order valence-corrected chi connectivity index (χ2v) is 4.77. The third-order valence-corrected chi connectivity index (χ3v) is 3.40. The van der Waals surface area contributed by atoms with Crippen LogP contribution in [0.4, 0.5) is 0 Å². The molecule has 15 heavy (non-hydrogen) atoms. The van der Waals surface area contributed by atoms with E-state index in [1.807, 2.05) is 23.4 Å². The van der Waals surface area contributed by atoms with Crippen molar-refractivity contribution in [1.82, 2.24) is 4.31 Å². The number of thiol groups is 1. The molecule has 1 aromatic carbocycles. The van der Waals surface area contributed by atoms with Crippen LogP contribution in [0.3, 0.4) is 0 Å². The van der Waals surface area contributed by atoms with Crippen molar-refractivity contribution in [3.63, 3.8) is 0 Å². The van der Waals surface area contributed by atoms with Crippen molar-refractivity contribution in [2.24, 2.45) is 4.99 Å². The number of halogens is 2. The Bertz CT molecular complexity index is 420. The van der Waals surface area contributed by atoms with Crippen molar-refractivity contribution in [3.05, 3.63) is 33.8 Å². The molecule has 1 aliphatic rings. The number of hydrogen-bond acceptors (Lipinski definition) is 3. The third-order valence-electron chi connectivity index (χ3n) is 2.38. The molecule has 0 fully saturated rings. The van der Waals surface area contributed by atoms with Gasteiger partial charge in [0, 0.05) is 10.0 Å². The van der Waals surface area contributed by atoms with Crippen molar-refractivity contribution in [3.8, 4) is 0 Å². The van der Waals surface area contributed by atoms with E-state index in [0.29, 0.717) is 10.0 Å². The van der Waals surface area contributed by atoms with Gasteiger partial charge in [-0.25, -0.2) is 0 Å². The Labute approximate surface area is 104 Å². The molecule has 0 saturated heterocycles. The van der Waals surface area contributed by atoms with Crippen molar-refractivity contribution < 1.29 is 0 Å². The maximum atomic E-state index is 6.11. The van der Waals surface area contributed by atoms with Crippen LogP contribution in [0.25, 0.3) is 0 Å². The van der Waals surface area contributed by atoms with Gasteiger partial charge in [0.1, 0.15) is 5.84 Å². The molecule has 80 valence electrons. The fourth-order valence-corrected chi connectivity index (χ4v) is 2.31. The minimum absolute atomic E-state index is 0.0623. The monoisotopic (exact) mass is 260 g/mol. The van der Waals surface area contributed by atoms with Crippen molar-refractivity contribution in [2.45, 2.75) is 13.0 Å². The topological polar surface area (TPSA) is 15.6 Å². The fraction of sp³-hybridized carbons (Fsp3) is 0.300. The summed E-state index contributed by atoms with van der Waals surface area (Å²) in [5, 5.41) is 1.30. The molecule has 0 N–H and O–H groups in total. The Balaban J connectivity index is 2.32. The quantitative estimate of drug-likeness (QED) is 0.763. The third kappa shape index (κ3) is 2.25. The highest BCUT2D eigenvalue weighted by atomic mass is 35.5. The molecule has 1 unspecified atom stereocenters. The molecule has 0 aliphatic carbocycles. The molecule has 0 bridgehead atoms. The molecule has 0 saturated carbocycles. The average Bonchev–Trinajstić information content (AvgIpc) is 2.46. The van der Waals surface area contributed by atoms with Crippen LogP contribution in [0, 0.1) is 0 Å². The molecule has 1 aliphatic heterocycles. The summed E-state index contributed by atoms with van der Waals surface area (Å²) < 4.78 is 1.82. The zero-order chi connectivity index (χ0) is 11.0. The molecule has 0 amide bonds. The molecule has 1 heterocycles. The lowest BCUT2D eigenvalue weighted by Crippen LogP contribution is -2.14. The molecule has 0 spiro atoms. The molecule has 5 heteroatoms. The van der Waals surface area contributed by atoms with Crippen molar-refractivity contribution >= 4 is 41.9 Å².